The van der Waals surface area contributed by atoms with E-state index >= 15 is 0 Å². The Hall–Kier alpha value is -1.95. The van der Waals surface area contributed by atoms with Crippen LogP contribution in [0.25, 0.3) is 0 Å². The van der Waals surface area contributed by atoms with Crippen LogP contribution in [0.15, 0.2) is 18.2 Å². The van der Waals surface area contributed by atoms with Crippen molar-refractivity contribution < 1.29 is 24.2 Å². The molecule has 2 atom stereocenters. The maximum atomic E-state index is 13.6. The number of aliphatic hydroxyl groups is 1. The van der Waals surface area contributed by atoms with Gasteiger partial charge in [0.05, 0.1) is 11.7 Å². The van der Waals surface area contributed by atoms with Crippen LogP contribution in [0.5, 0.6) is 0 Å². The Labute approximate surface area is 109 Å². The number of carboxylic acids is 1. The Morgan fingerprint density at radius 1 is 1.42 bits per heavy atom. The summed E-state index contributed by atoms with van der Waals surface area (Å²) in [5, 5.41) is 18.5. The molecule has 1 heterocycles. The van der Waals surface area contributed by atoms with Gasteiger partial charge in [0.1, 0.15) is 11.9 Å². The van der Waals surface area contributed by atoms with E-state index in [1.54, 1.807) is 6.92 Å². The lowest BCUT2D eigenvalue weighted by Gasteiger charge is -2.21. The first-order valence-corrected chi connectivity index (χ1v) is 5.88. The van der Waals surface area contributed by atoms with Crippen LogP contribution in [0.3, 0.4) is 0 Å². The van der Waals surface area contributed by atoms with Crippen molar-refractivity contribution in [1.82, 2.24) is 4.90 Å². The minimum absolute atomic E-state index is 0.0332. The summed E-state index contributed by atoms with van der Waals surface area (Å²) in [7, 11) is 0. The van der Waals surface area contributed by atoms with Crippen LogP contribution in [-0.4, -0.2) is 45.7 Å². The molecule has 1 fully saturated rings. The molecule has 1 amide bonds. The van der Waals surface area contributed by atoms with Gasteiger partial charge in [-0.25, -0.2) is 9.18 Å². The number of likely N-dealkylation sites (tertiary alicyclic amines) is 1. The van der Waals surface area contributed by atoms with Gasteiger partial charge in [-0.1, -0.05) is 11.6 Å². The smallest absolute Gasteiger partial charge is 0.326 e. The molecule has 0 spiro atoms. The standard InChI is InChI=1S/C13H14FNO4/c1-7-2-3-10(14)9(4-7)12(17)15-6-8(16)5-11(15)13(18)19/h2-4,8,11,16H,5-6H2,1H3,(H,18,19)/t8-,11+/m1/s1. The number of aliphatic carboxylic acids is 1. The Kier molecular flexibility index (Phi) is 3.53. The monoisotopic (exact) mass is 267 g/mol. The summed E-state index contributed by atoms with van der Waals surface area (Å²) in [4.78, 5) is 24.2. The number of halogens is 1. The van der Waals surface area contributed by atoms with E-state index in [9.17, 15) is 19.1 Å². The lowest BCUT2D eigenvalue weighted by atomic mass is 10.1. The third kappa shape index (κ3) is 2.58. The van der Waals surface area contributed by atoms with Gasteiger partial charge < -0.3 is 15.1 Å². The SMILES string of the molecule is Cc1ccc(F)c(C(=O)N2C[C@H](O)C[C@H]2C(=O)O)c1. The van der Waals surface area contributed by atoms with E-state index in [1.807, 2.05) is 0 Å². The van der Waals surface area contributed by atoms with Crippen molar-refractivity contribution in [2.75, 3.05) is 6.54 Å². The molecule has 102 valence electrons. The third-order valence-corrected chi connectivity index (χ3v) is 3.18. The number of aryl methyl sites for hydroxylation is 1. The number of carbonyl (C=O) groups excluding carboxylic acids is 1. The minimum atomic E-state index is -1.20. The van der Waals surface area contributed by atoms with Crippen LogP contribution in [0.4, 0.5) is 4.39 Å². The topological polar surface area (TPSA) is 77.8 Å². The molecular formula is C13H14FNO4. The predicted octanol–water partition coefficient (Wildman–Crippen LogP) is 0.794. The number of hydrogen-bond acceptors (Lipinski definition) is 3. The normalized spacial score (nSPS) is 22.6. The molecule has 0 saturated carbocycles. The zero-order valence-electron chi connectivity index (χ0n) is 10.3. The number of hydrogen-bond donors (Lipinski definition) is 2. The molecule has 1 aliphatic heterocycles. The third-order valence-electron chi connectivity index (χ3n) is 3.18. The summed E-state index contributed by atoms with van der Waals surface area (Å²) in [5.74, 6) is -2.59. The average Bonchev–Trinajstić information content (AvgIpc) is 2.74. The van der Waals surface area contributed by atoms with Crippen molar-refractivity contribution in [3.05, 3.63) is 35.1 Å². The molecule has 1 saturated heterocycles. The van der Waals surface area contributed by atoms with Crippen LogP contribution < -0.4 is 0 Å². The van der Waals surface area contributed by atoms with Crippen molar-refractivity contribution in [2.45, 2.75) is 25.5 Å². The summed E-state index contributed by atoms with van der Waals surface area (Å²) < 4.78 is 13.6. The second-order valence-corrected chi connectivity index (χ2v) is 4.68. The summed E-state index contributed by atoms with van der Waals surface area (Å²) >= 11 is 0. The van der Waals surface area contributed by atoms with Gasteiger partial charge in [-0.3, -0.25) is 4.79 Å². The lowest BCUT2D eigenvalue weighted by Crippen LogP contribution is -2.41. The number of carbonyl (C=O) groups is 2. The van der Waals surface area contributed by atoms with Gasteiger partial charge in [0.2, 0.25) is 0 Å². The molecule has 1 aromatic carbocycles. The number of benzene rings is 1. The number of carboxylic acid groups (broad SMARTS) is 1. The van der Waals surface area contributed by atoms with Gasteiger partial charge in [-0.05, 0) is 19.1 Å². The average molecular weight is 267 g/mol. The second-order valence-electron chi connectivity index (χ2n) is 4.68. The highest BCUT2D eigenvalue weighted by molar-refractivity contribution is 5.97. The Balaban J connectivity index is 2.33. The van der Waals surface area contributed by atoms with Gasteiger partial charge in [-0.15, -0.1) is 0 Å². The highest BCUT2D eigenvalue weighted by atomic mass is 19.1. The number of rotatable bonds is 2. The highest BCUT2D eigenvalue weighted by Gasteiger charge is 2.39. The van der Waals surface area contributed by atoms with Gasteiger partial charge in [0.15, 0.2) is 0 Å². The number of β-amino-alcohol motifs (C(OH)–C–C–N with tert-alkyl or cyclic N) is 1. The fourth-order valence-corrected chi connectivity index (χ4v) is 2.23. The molecule has 0 aromatic heterocycles. The maximum Gasteiger partial charge on any atom is 0.326 e. The van der Waals surface area contributed by atoms with Crippen LogP contribution >= 0.6 is 0 Å². The first kappa shape index (κ1) is 13.5. The number of nitrogens with zero attached hydrogens (tertiary/aromatic N) is 1. The molecule has 0 bridgehead atoms. The summed E-state index contributed by atoms with van der Waals surface area (Å²) in [6.45, 7) is 1.62. The van der Waals surface area contributed by atoms with Crippen LogP contribution in [-0.2, 0) is 4.79 Å². The largest absolute Gasteiger partial charge is 0.480 e. The van der Waals surface area contributed by atoms with Crippen molar-refractivity contribution >= 4 is 11.9 Å². The maximum absolute atomic E-state index is 13.6. The molecule has 6 heteroatoms. The number of amides is 1. The first-order chi connectivity index (χ1) is 8.90. The summed E-state index contributed by atoms with van der Waals surface area (Å²) in [6, 6.07) is 2.97. The van der Waals surface area contributed by atoms with E-state index < -0.39 is 29.8 Å². The predicted molar refractivity (Wildman–Crippen MR) is 64.2 cm³/mol. The van der Waals surface area contributed by atoms with Crippen molar-refractivity contribution in [3.8, 4) is 0 Å². The first-order valence-electron chi connectivity index (χ1n) is 5.88. The van der Waals surface area contributed by atoms with Gasteiger partial charge in [0, 0.05) is 13.0 Å². The Morgan fingerprint density at radius 3 is 2.74 bits per heavy atom. The number of aliphatic hydroxyl groups excluding tert-OH is 1. The molecule has 19 heavy (non-hydrogen) atoms. The Morgan fingerprint density at radius 2 is 2.11 bits per heavy atom. The van der Waals surface area contributed by atoms with Crippen LogP contribution in [0.2, 0.25) is 0 Å². The fourth-order valence-electron chi connectivity index (χ4n) is 2.23. The second kappa shape index (κ2) is 4.97. The molecule has 1 aliphatic rings. The summed E-state index contributed by atoms with van der Waals surface area (Å²) in [5.41, 5.74) is 0.539. The quantitative estimate of drug-likeness (QED) is 0.830. The van der Waals surface area contributed by atoms with Gasteiger partial charge in [0.25, 0.3) is 5.91 Å². The van der Waals surface area contributed by atoms with Crippen LogP contribution in [0.1, 0.15) is 22.3 Å². The fraction of sp³-hybridized carbons (Fsp3) is 0.385. The molecule has 0 aliphatic carbocycles. The molecule has 2 N–H and O–H groups in total. The van der Waals surface area contributed by atoms with Crippen molar-refractivity contribution in [2.24, 2.45) is 0 Å². The highest BCUT2D eigenvalue weighted by Crippen LogP contribution is 2.22. The molecule has 5 nitrogen and oxygen atoms in total. The molecule has 2 rings (SSSR count). The lowest BCUT2D eigenvalue weighted by molar-refractivity contribution is -0.141. The molecule has 1 aromatic rings. The summed E-state index contributed by atoms with van der Waals surface area (Å²) in [6.07, 6.45) is -0.924. The zero-order chi connectivity index (χ0) is 14.2. The van der Waals surface area contributed by atoms with Crippen molar-refractivity contribution in [3.63, 3.8) is 0 Å². The molecule has 0 radical (unpaired) electrons. The van der Waals surface area contributed by atoms with E-state index in [1.165, 1.54) is 18.2 Å². The molecule has 0 unspecified atom stereocenters. The van der Waals surface area contributed by atoms with E-state index in [0.717, 1.165) is 4.90 Å². The van der Waals surface area contributed by atoms with E-state index in [2.05, 4.69) is 0 Å². The van der Waals surface area contributed by atoms with Gasteiger partial charge in [-0.2, -0.15) is 0 Å². The van der Waals surface area contributed by atoms with E-state index in [-0.39, 0.29) is 18.5 Å². The minimum Gasteiger partial charge on any atom is -0.480 e. The Bertz CT molecular complexity index is 531. The van der Waals surface area contributed by atoms with E-state index in [4.69, 9.17) is 5.11 Å². The van der Waals surface area contributed by atoms with E-state index in [0.29, 0.717) is 5.56 Å². The molecular weight excluding hydrogens is 253 g/mol. The zero-order valence-corrected chi connectivity index (χ0v) is 10.3. The van der Waals surface area contributed by atoms with Gasteiger partial charge >= 0.3 is 5.97 Å². The van der Waals surface area contributed by atoms with Crippen molar-refractivity contribution in [1.29, 1.82) is 0 Å². The van der Waals surface area contributed by atoms with Crippen LogP contribution in [0, 0.1) is 12.7 Å².